The first-order valence-electron chi connectivity index (χ1n) is 9.79. The summed E-state index contributed by atoms with van der Waals surface area (Å²) < 4.78 is 7.16. The Kier molecular flexibility index (Phi) is 5.62. The molecule has 3 heterocycles. The van der Waals surface area contributed by atoms with Gasteiger partial charge in [-0.15, -0.1) is 0 Å². The third kappa shape index (κ3) is 4.44. The second kappa shape index (κ2) is 8.47. The molecule has 1 aliphatic heterocycles. The summed E-state index contributed by atoms with van der Waals surface area (Å²) in [5, 5.41) is 3.13. The van der Waals surface area contributed by atoms with Gasteiger partial charge < -0.3 is 15.0 Å². The third-order valence-corrected chi connectivity index (χ3v) is 5.24. The van der Waals surface area contributed by atoms with Crippen LogP contribution in [0.3, 0.4) is 0 Å². The summed E-state index contributed by atoms with van der Waals surface area (Å²) in [5.74, 6) is 1.46. The first-order chi connectivity index (χ1) is 13.3. The monoisotopic (exact) mass is 370 g/mol. The fourth-order valence-corrected chi connectivity index (χ4v) is 3.69. The Labute approximate surface area is 159 Å². The van der Waals surface area contributed by atoms with Crippen LogP contribution >= 0.6 is 0 Å². The lowest BCUT2D eigenvalue weighted by molar-refractivity contribution is 0.0928. The molecule has 2 aromatic rings. The van der Waals surface area contributed by atoms with E-state index in [-0.39, 0.29) is 11.9 Å². The maximum absolute atomic E-state index is 12.5. The number of aromatic nitrogens is 4. The van der Waals surface area contributed by atoms with Crippen molar-refractivity contribution < 1.29 is 9.53 Å². The van der Waals surface area contributed by atoms with Gasteiger partial charge in [-0.25, -0.2) is 15.0 Å². The van der Waals surface area contributed by atoms with Crippen LogP contribution in [0.1, 0.15) is 49.0 Å². The van der Waals surface area contributed by atoms with Crippen LogP contribution in [0, 0.1) is 0 Å². The van der Waals surface area contributed by atoms with Crippen LogP contribution in [0.2, 0.25) is 0 Å². The lowest BCUT2D eigenvalue weighted by atomic mass is 10.1. The van der Waals surface area contributed by atoms with Crippen molar-refractivity contribution in [2.75, 3.05) is 31.2 Å². The van der Waals surface area contributed by atoms with Crippen molar-refractivity contribution in [1.82, 2.24) is 24.8 Å². The minimum Gasteiger partial charge on any atom is -0.378 e. The van der Waals surface area contributed by atoms with Gasteiger partial charge in [-0.3, -0.25) is 9.36 Å². The fourth-order valence-electron chi connectivity index (χ4n) is 3.69. The summed E-state index contributed by atoms with van der Waals surface area (Å²) in [6.07, 6.45) is 11.9. The standard InChI is InChI=1S/C19H26N6O2/c26-19(23-15-5-3-1-2-4-6-15)16-12-25(14-22-16)18-11-17(20-13-21-18)24-7-9-27-10-8-24/h11-15H,1-10H2,(H,23,26). The maximum atomic E-state index is 12.5. The molecule has 0 bridgehead atoms. The normalized spacial score (nSPS) is 18.9. The van der Waals surface area contributed by atoms with Gasteiger partial charge in [-0.05, 0) is 12.8 Å². The molecule has 1 amide bonds. The number of amides is 1. The maximum Gasteiger partial charge on any atom is 0.271 e. The zero-order valence-electron chi connectivity index (χ0n) is 15.5. The summed E-state index contributed by atoms with van der Waals surface area (Å²) in [6.45, 7) is 3.04. The highest BCUT2D eigenvalue weighted by Crippen LogP contribution is 2.18. The number of nitrogens with one attached hydrogen (secondary N) is 1. The Morgan fingerprint density at radius 3 is 2.56 bits per heavy atom. The lowest BCUT2D eigenvalue weighted by Gasteiger charge is -2.27. The van der Waals surface area contributed by atoms with Crippen LogP contribution in [-0.4, -0.2) is 57.8 Å². The highest BCUT2D eigenvalue weighted by molar-refractivity contribution is 5.92. The summed E-state index contributed by atoms with van der Waals surface area (Å²) in [6, 6.07) is 2.18. The van der Waals surface area contributed by atoms with Crippen LogP contribution in [-0.2, 0) is 4.74 Å². The first kappa shape index (κ1) is 17.9. The highest BCUT2D eigenvalue weighted by atomic mass is 16.5. The van der Waals surface area contributed by atoms with E-state index in [1.54, 1.807) is 23.4 Å². The SMILES string of the molecule is O=C(NC1CCCCCC1)c1cn(-c2cc(N3CCOCC3)ncn2)cn1. The number of morpholine rings is 1. The summed E-state index contributed by atoms with van der Waals surface area (Å²) in [4.78, 5) is 27.7. The summed E-state index contributed by atoms with van der Waals surface area (Å²) >= 11 is 0. The fraction of sp³-hybridized carbons (Fsp3) is 0.579. The van der Waals surface area contributed by atoms with E-state index in [9.17, 15) is 4.79 Å². The molecule has 2 fully saturated rings. The van der Waals surface area contributed by atoms with Crippen molar-refractivity contribution >= 4 is 11.7 Å². The Bertz CT molecular complexity index is 763. The number of anilines is 1. The molecule has 0 radical (unpaired) electrons. The van der Waals surface area contributed by atoms with Crippen LogP contribution in [0.5, 0.6) is 0 Å². The third-order valence-electron chi connectivity index (χ3n) is 5.24. The molecule has 0 unspecified atom stereocenters. The number of carbonyl (C=O) groups excluding carboxylic acids is 1. The van der Waals surface area contributed by atoms with Crippen molar-refractivity contribution in [2.24, 2.45) is 0 Å². The molecule has 2 aromatic heterocycles. The van der Waals surface area contributed by atoms with Crippen LogP contribution in [0.4, 0.5) is 5.82 Å². The molecular formula is C19H26N6O2. The molecule has 1 saturated carbocycles. The number of hydrogen-bond donors (Lipinski definition) is 1. The van der Waals surface area contributed by atoms with Gasteiger partial charge >= 0.3 is 0 Å². The summed E-state index contributed by atoms with van der Waals surface area (Å²) in [7, 11) is 0. The molecule has 1 saturated heterocycles. The molecule has 1 aliphatic carbocycles. The Morgan fingerprint density at radius 1 is 1.04 bits per heavy atom. The largest absolute Gasteiger partial charge is 0.378 e. The molecule has 0 atom stereocenters. The van der Waals surface area contributed by atoms with Crippen molar-refractivity contribution in [3.8, 4) is 5.82 Å². The van der Waals surface area contributed by atoms with E-state index in [1.165, 1.54) is 25.7 Å². The van der Waals surface area contributed by atoms with Crippen molar-refractivity contribution in [1.29, 1.82) is 0 Å². The molecule has 27 heavy (non-hydrogen) atoms. The van der Waals surface area contributed by atoms with Gasteiger partial charge in [0.25, 0.3) is 5.91 Å². The van der Waals surface area contributed by atoms with Gasteiger partial charge in [0.1, 0.15) is 30.0 Å². The summed E-state index contributed by atoms with van der Waals surface area (Å²) in [5.41, 5.74) is 0.422. The molecule has 8 heteroatoms. The van der Waals surface area contributed by atoms with Gasteiger partial charge in [-0.1, -0.05) is 25.7 Å². The molecular weight excluding hydrogens is 344 g/mol. The molecule has 144 valence electrons. The predicted molar refractivity (Wildman–Crippen MR) is 101 cm³/mol. The molecule has 0 aromatic carbocycles. The highest BCUT2D eigenvalue weighted by Gasteiger charge is 2.18. The van der Waals surface area contributed by atoms with Gasteiger partial charge in [0, 0.05) is 31.4 Å². The van der Waals surface area contributed by atoms with Crippen molar-refractivity contribution in [3.63, 3.8) is 0 Å². The average Bonchev–Trinajstić information content (AvgIpc) is 3.08. The van der Waals surface area contributed by atoms with Crippen LogP contribution in [0.25, 0.3) is 5.82 Å². The van der Waals surface area contributed by atoms with E-state index in [0.717, 1.165) is 31.7 Å². The van der Waals surface area contributed by atoms with E-state index in [4.69, 9.17) is 4.74 Å². The molecule has 2 aliphatic rings. The Hall–Kier alpha value is -2.48. The Balaban J connectivity index is 1.44. The minimum absolute atomic E-state index is 0.108. The van der Waals surface area contributed by atoms with Crippen LogP contribution < -0.4 is 10.2 Å². The number of hydrogen-bond acceptors (Lipinski definition) is 6. The minimum atomic E-state index is -0.108. The lowest BCUT2D eigenvalue weighted by Crippen LogP contribution is -2.36. The van der Waals surface area contributed by atoms with Gasteiger partial charge in [0.05, 0.1) is 13.2 Å². The van der Waals surface area contributed by atoms with Crippen molar-refractivity contribution in [3.05, 3.63) is 30.6 Å². The first-order valence-corrected chi connectivity index (χ1v) is 9.79. The van der Waals surface area contributed by atoms with Crippen molar-refractivity contribution in [2.45, 2.75) is 44.6 Å². The topological polar surface area (TPSA) is 85.2 Å². The average molecular weight is 370 g/mol. The van der Waals surface area contributed by atoms with Gasteiger partial charge in [0.15, 0.2) is 0 Å². The number of rotatable bonds is 4. The predicted octanol–water partition coefficient (Wildman–Crippen LogP) is 1.95. The van der Waals surface area contributed by atoms with Gasteiger partial charge in [0.2, 0.25) is 0 Å². The van der Waals surface area contributed by atoms with E-state index in [2.05, 4.69) is 25.2 Å². The van der Waals surface area contributed by atoms with E-state index in [1.807, 2.05) is 6.07 Å². The second-order valence-corrected chi connectivity index (χ2v) is 7.16. The van der Waals surface area contributed by atoms with E-state index in [0.29, 0.717) is 24.7 Å². The number of ether oxygens (including phenoxy) is 1. The molecule has 4 rings (SSSR count). The quantitative estimate of drug-likeness (QED) is 0.828. The number of imidazole rings is 1. The zero-order chi connectivity index (χ0) is 18.5. The Morgan fingerprint density at radius 2 is 1.78 bits per heavy atom. The van der Waals surface area contributed by atoms with E-state index >= 15 is 0 Å². The van der Waals surface area contributed by atoms with E-state index < -0.39 is 0 Å². The molecule has 0 spiro atoms. The smallest absolute Gasteiger partial charge is 0.271 e. The van der Waals surface area contributed by atoms with Gasteiger partial charge in [-0.2, -0.15) is 0 Å². The zero-order valence-corrected chi connectivity index (χ0v) is 15.5. The number of nitrogens with zero attached hydrogens (tertiary/aromatic N) is 5. The van der Waals surface area contributed by atoms with Crippen LogP contribution in [0.15, 0.2) is 24.9 Å². The second-order valence-electron chi connectivity index (χ2n) is 7.16. The number of carbonyl (C=O) groups is 1. The molecule has 8 nitrogen and oxygen atoms in total. The molecule has 1 N–H and O–H groups in total.